The zero-order valence-corrected chi connectivity index (χ0v) is 12.3. The first-order valence-corrected chi connectivity index (χ1v) is 7.88. The van der Waals surface area contributed by atoms with Crippen molar-refractivity contribution in [3.8, 4) is 0 Å². The molecule has 0 heterocycles. The Morgan fingerprint density at radius 2 is 1.57 bits per heavy atom. The van der Waals surface area contributed by atoms with E-state index in [2.05, 4.69) is 4.72 Å². The Bertz CT molecular complexity index is 697. The topological polar surface area (TPSA) is 86.6 Å². The lowest BCUT2D eigenvalue weighted by molar-refractivity contribution is 0.426. The molecule has 3 N–H and O–H groups in total. The lowest BCUT2D eigenvalue weighted by Gasteiger charge is -2.08. The van der Waals surface area contributed by atoms with Crippen molar-refractivity contribution < 1.29 is 18.5 Å². The van der Waals surface area contributed by atoms with Gasteiger partial charge in [-0.3, -0.25) is 0 Å². The minimum absolute atomic E-state index is 0.137. The number of rotatable bonds is 5. The Morgan fingerprint density at radius 1 is 1.00 bits per heavy atom. The Labute approximate surface area is 124 Å². The van der Waals surface area contributed by atoms with Gasteiger partial charge < -0.3 is 10.0 Å². The maximum absolute atomic E-state index is 12.1. The summed E-state index contributed by atoms with van der Waals surface area (Å²) in [5.41, 5.74) is 2.09. The summed E-state index contributed by atoms with van der Waals surface area (Å²) < 4.78 is 26.7. The van der Waals surface area contributed by atoms with Crippen molar-refractivity contribution in [1.82, 2.24) is 4.72 Å². The molecule has 0 atom stereocenters. The van der Waals surface area contributed by atoms with Crippen LogP contribution in [0.4, 0.5) is 0 Å². The SMILES string of the molecule is Cc1ccc(S(=O)(=O)NCc2ccc(B(O)O)cc2)cc1. The zero-order valence-electron chi connectivity index (χ0n) is 11.5. The van der Waals surface area contributed by atoms with Crippen LogP contribution in [0.3, 0.4) is 0 Å². The van der Waals surface area contributed by atoms with Crippen molar-refractivity contribution in [1.29, 1.82) is 0 Å². The van der Waals surface area contributed by atoms with E-state index in [9.17, 15) is 8.42 Å². The summed E-state index contributed by atoms with van der Waals surface area (Å²) in [4.78, 5) is 0.218. The molecule has 0 radical (unpaired) electrons. The highest BCUT2D eigenvalue weighted by atomic mass is 32.2. The summed E-state index contributed by atoms with van der Waals surface area (Å²) in [6.07, 6.45) is 0. The summed E-state index contributed by atoms with van der Waals surface area (Å²) in [5, 5.41) is 18.0. The molecule has 21 heavy (non-hydrogen) atoms. The fraction of sp³-hybridized carbons (Fsp3) is 0.143. The van der Waals surface area contributed by atoms with Crippen LogP contribution in [0.15, 0.2) is 53.4 Å². The van der Waals surface area contributed by atoms with Crippen LogP contribution in [0.5, 0.6) is 0 Å². The van der Waals surface area contributed by atoms with E-state index in [4.69, 9.17) is 10.0 Å². The number of aryl methyl sites for hydroxylation is 1. The van der Waals surface area contributed by atoms with Crippen LogP contribution in [-0.2, 0) is 16.6 Å². The van der Waals surface area contributed by atoms with Crippen LogP contribution in [0.2, 0.25) is 0 Å². The molecule has 2 aromatic carbocycles. The maximum Gasteiger partial charge on any atom is 0.488 e. The van der Waals surface area contributed by atoms with Gasteiger partial charge in [-0.25, -0.2) is 13.1 Å². The molecular weight excluding hydrogens is 289 g/mol. The normalized spacial score (nSPS) is 11.4. The molecule has 0 saturated heterocycles. The number of hydrogen-bond donors (Lipinski definition) is 3. The number of sulfonamides is 1. The molecule has 7 heteroatoms. The van der Waals surface area contributed by atoms with Crippen molar-refractivity contribution in [3.05, 3.63) is 59.7 Å². The van der Waals surface area contributed by atoms with Gasteiger partial charge in [-0.1, -0.05) is 42.0 Å². The van der Waals surface area contributed by atoms with Crippen LogP contribution in [0.25, 0.3) is 0 Å². The largest absolute Gasteiger partial charge is 0.488 e. The minimum Gasteiger partial charge on any atom is -0.423 e. The van der Waals surface area contributed by atoms with Crippen LogP contribution >= 0.6 is 0 Å². The van der Waals surface area contributed by atoms with E-state index in [1.807, 2.05) is 6.92 Å². The third kappa shape index (κ3) is 4.15. The quantitative estimate of drug-likeness (QED) is 0.687. The summed E-state index contributed by atoms with van der Waals surface area (Å²) in [6.45, 7) is 2.03. The monoisotopic (exact) mass is 305 g/mol. The lowest BCUT2D eigenvalue weighted by Crippen LogP contribution is -2.30. The Balaban J connectivity index is 2.06. The predicted octanol–water partition coefficient (Wildman–Crippen LogP) is 0.153. The summed E-state index contributed by atoms with van der Waals surface area (Å²) in [7, 11) is -5.08. The molecule has 0 unspecified atom stereocenters. The van der Waals surface area contributed by atoms with Crippen molar-refractivity contribution in [2.24, 2.45) is 0 Å². The summed E-state index contributed by atoms with van der Waals surface area (Å²) in [6, 6.07) is 13.0. The number of nitrogens with one attached hydrogen (secondary N) is 1. The summed E-state index contributed by atoms with van der Waals surface area (Å²) >= 11 is 0. The van der Waals surface area contributed by atoms with Gasteiger partial charge >= 0.3 is 7.12 Å². The second-order valence-electron chi connectivity index (χ2n) is 4.75. The molecule has 0 aliphatic heterocycles. The van der Waals surface area contributed by atoms with Gasteiger partial charge in [0.15, 0.2) is 0 Å². The number of benzene rings is 2. The van der Waals surface area contributed by atoms with Gasteiger partial charge in [0.05, 0.1) is 4.90 Å². The van der Waals surface area contributed by atoms with Crippen LogP contribution in [-0.4, -0.2) is 25.6 Å². The van der Waals surface area contributed by atoms with E-state index < -0.39 is 17.1 Å². The maximum atomic E-state index is 12.1. The molecule has 0 aliphatic carbocycles. The van der Waals surface area contributed by atoms with E-state index in [0.29, 0.717) is 5.46 Å². The molecule has 0 saturated carbocycles. The van der Waals surface area contributed by atoms with Crippen molar-refractivity contribution in [3.63, 3.8) is 0 Å². The molecule has 2 rings (SSSR count). The van der Waals surface area contributed by atoms with Gasteiger partial charge in [0.2, 0.25) is 10.0 Å². The van der Waals surface area contributed by atoms with Crippen molar-refractivity contribution in [2.75, 3.05) is 0 Å². The van der Waals surface area contributed by atoms with E-state index >= 15 is 0 Å². The van der Waals surface area contributed by atoms with Gasteiger partial charge in [0.25, 0.3) is 0 Å². The molecule has 0 amide bonds. The van der Waals surface area contributed by atoms with Gasteiger partial charge in [-0.05, 0) is 30.1 Å². The molecule has 2 aromatic rings. The molecule has 0 bridgehead atoms. The smallest absolute Gasteiger partial charge is 0.423 e. The Kier molecular flexibility index (Phi) is 4.79. The van der Waals surface area contributed by atoms with Crippen LogP contribution < -0.4 is 10.2 Å². The molecule has 0 aliphatic rings. The third-order valence-electron chi connectivity index (χ3n) is 3.08. The first-order valence-electron chi connectivity index (χ1n) is 6.40. The fourth-order valence-electron chi connectivity index (χ4n) is 1.79. The van der Waals surface area contributed by atoms with Gasteiger partial charge in [-0.2, -0.15) is 0 Å². The van der Waals surface area contributed by atoms with Gasteiger partial charge in [0.1, 0.15) is 0 Å². The highest BCUT2D eigenvalue weighted by Gasteiger charge is 2.14. The standard InChI is InChI=1S/C14H16BNO4S/c1-11-2-8-14(9-3-11)21(19,20)16-10-12-4-6-13(7-5-12)15(17)18/h2-9,16-18H,10H2,1H3. The predicted molar refractivity (Wildman–Crippen MR) is 81.5 cm³/mol. The second-order valence-corrected chi connectivity index (χ2v) is 6.52. The van der Waals surface area contributed by atoms with E-state index in [1.165, 1.54) is 0 Å². The lowest BCUT2D eigenvalue weighted by atomic mass is 9.80. The number of hydrogen-bond acceptors (Lipinski definition) is 4. The molecule has 0 aromatic heterocycles. The second kappa shape index (κ2) is 6.40. The van der Waals surface area contributed by atoms with Crippen LogP contribution in [0, 0.1) is 6.92 Å². The fourth-order valence-corrected chi connectivity index (χ4v) is 2.80. The van der Waals surface area contributed by atoms with E-state index in [0.717, 1.165) is 11.1 Å². The molecule has 110 valence electrons. The summed E-state index contributed by atoms with van der Waals surface area (Å²) in [5.74, 6) is 0. The van der Waals surface area contributed by atoms with Gasteiger partial charge in [-0.15, -0.1) is 0 Å². The average Bonchev–Trinajstić information content (AvgIpc) is 2.46. The highest BCUT2D eigenvalue weighted by molar-refractivity contribution is 7.89. The van der Waals surface area contributed by atoms with Crippen molar-refractivity contribution in [2.45, 2.75) is 18.4 Å². The molecule has 0 spiro atoms. The highest BCUT2D eigenvalue weighted by Crippen LogP contribution is 2.10. The molecule has 5 nitrogen and oxygen atoms in total. The average molecular weight is 305 g/mol. The zero-order chi connectivity index (χ0) is 15.5. The molecule has 0 fully saturated rings. The first-order chi connectivity index (χ1) is 9.88. The minimum atomic E-state index is -3.55. The first kappa shape index (κ1) is 15.7. The van der Waals surface area contributed by atoms with E-state index in [1.54, 1.807) is 48.5 Å². The van der Waals surface area contributed by atoms with Crippen LogP contribution in [0.1, 0.15) is 11.1 Å². The third-order valence-corrected chi connectivity index (χ3v) is 4.49. The van der Waals surface area contributed by atoms with Gasteiger partial charge in [0, 0.05) is 6.54 Å². The Morgan fingerprint density at radius 3 is 2.10 bits per heavy atom. The molecular formula is C14H16BNO4S. The Hall–Kier alpha value is -1.67. The van der Waals surface area contributed by atoms with E-state index in [-0.39, 0.29) is 11.4 Å². The van der Waals surface area contributed by atoms with Crippen molar-refractivity contribution >= 4 is 22.6 Å².